The van der Waals surface area contributed by atoms with Gasteiger partial charge in [-0.15, -0.1) is 11.3 Å². The van der Waals surface area contributed by atoms with Crippen molar-refractivity contribution in [3.05, 3.63) is 50.6 Å². The molecule has 0 saturated heterocycles. The lowest BCUT2D eigenvalue weighted by molar-refractivity contribution is -0.120. The van der Waals surface area contributed by atoms with Gasteiger partial charge in [0, 0.05) is 35.1 Å². The molecular weight excluding hydrogens is 376 g/mol. The maximum atomic E-state index is 11.9. The lowest BCUT2D eigenvalue weighted by atomic mass is 10.2. The van der Waals surface area contributed by atoms with Gasteiger partial charge in [0.05, 0.1) is 6.42 Å². The molecule has 0 fully saturated rings. The minimum absolute atomic E-state index is 0.0246. The first kappa shape index (κ1) is 17.7. The van der Waals surface area contributed by atoms with E-state index in [2.05, 4.69) is 21.2 Å². The Labute approximate surface area is 148 Å². The smallest absolute Gasteiger partial charge is 0.225 e. The molecule has 1 N–H and O–H groups in total. The van der Waals surface area contributed by atoms with Crippen LogP contribution in [-0.4, -0.2) is 24.9 Å². The SMILES string of the molecule is CC(=O)N(CCNC(=O)Cc1cccs1)c1ccc(Br)cc1C. The van der Waals surface area contributed by atoms with Crippen LogP contribution in [0.1, 0.15) is 17.4 Å². The van der Waals surface area contributed by atoms with Gasteiger partial charge in [-0.1, -0.05) is 22.0 Å². The van der Waals surface area contributed by atoms with Crippen LogP contribution in [0.5, 0.6) is 0 Å². The van der Waals surface area contributed by atoms with E-state index in [0.29, 0.717) is 19.5 Å². The Morgan fingerprint density at radius 1 is 1.30 bits per heavy atom. The zero-order valence-corrected chi connectivity index (χ0v) is 15.5. The molecule has 0 radical (unpaired) electrons. The Balaban J connectivity index is 1.92. The van der Waals surface area contributed by atoms with Gasteiger partial charge in [0.2, 0.25) is 11.8 Å². The summed E-state index contributed by atoms with van der Waals surface area (Å²) in [6.07, 6.45) is 0.384. The summed E-state index contributed by atoms with van der Waals surface area (Å²) in [6, 6.07) is 9.67. The summed E-state index contributed by atoms with van der Waals surface area (Å²) in [5.74, 6) is -0.0635. The van der Waals surface area contributed by atoms with Crippen molar-refractivity contribution >= 4 is 44.8 Å². The summed E-state index contributed by atoms with van der Waals surface area (Å²) >= 11 is 4.99. The summed E-state index contributed by atoms with van der Waals surface area (Å²) in [5.41, 5.74) is 1.88. The van der Waals surface area contributed by atoms with Crippen LogP contribution in [0.2, 0.25) is 0 Å². The van der Waals surface area contributed by atoms with E-state index in [-0.39, 0.29) is 11.8 Å². The molecule has 0 aliphatic carbocycles. The van der Waals surface area contributed by atoms with Gasteiger partial charge in [-0.25, -0.2) is 0 Å². The highest BCUT2D eigenvalue weighted by atomic mass is 79.9. The number of amides is 2. The summed E-state index contributed by atoms with van der Waals surface area (Å²) in [7, 11) is 0. The normalized spacial score (nSPS) is 10.4. The fourth-order valence-corrected chi connectivity index (χ4v) is 3.49. The molecule has 0 bridgehead atoms. The molecule has 0 atom stereocenters. The van der Waals surface area contributed by atoms with Crippen molar-refractivity contribution in [1.82, 2.24) is 5.32 Å². The summed E-state index contributed by atoms with van der Waals surface area (Å²) < 4.78 is 0.978. The van der Waals surface area contributed by atoms with Crippen LogP contribution in [-0.2, 0) is 16.0 Å². The topological polar surface area (TPSA) is 49.4 Å². The highest BCUT2D eigenvalue weighted by Crippen LogP contribution is 2.23. The molecule has 0 spiro atoms. The number of carbonyl (C=O) groups excluding carboxylic acids is 2. The molecule has 0 saturated carbocycles. The minimum Gasteiger partial charge on any atom is -0.354 e. The second-order valence-corrected chi connectivity index (χ2v) is 7.16. The van der Waals surface area contributed by atoms with Gasteiger partial charge in [0.1, 0.15) is 0 Å². The molecule has 2 rings (SSSR count). The summed E-state index contributed by atoms with van der Waals surface area (Å²) in [6.45, 7) is 4.38. The average Bonchev–Trinajstić information content (AvgIpc) is 2.97. The largest absolute Gasteiger partial charge is 0.354 e. The second-order valence-electron chi connectivity index (χ2n) is 5.21. The van der Waals surface area contributed by atoms with Crippen LogP contribution in [0.25, 0.3) is 0 Å². The standard InChI is InChI=1S/C17H19BrN2O2S/c1-12-10-14(18)5-6-16(12)20(13(2)21)8-7-19-17(22)11-15-4-3-9-23-15/h3-6,9-10H,7-8,11H2,1-2H3,(H,19,22). The molecule has 2 aromatic rings. The molecule has 1 aromatic heterocycles. The number of aryl methyl sites for hydroxylation is 1. The van der Waals surface area contributed by atoms with Crippen molar-refractivity contribution in [3.63, 3.8) is 0 Å². The summed E-state index contributed by atoms with van der Waals surface area (Å²) in [4.78, 5) is 26.5. The Morgan fingerprint density at radius 2 is 2.09 bits per heavy atom. The van der Waals surface area contributed by atoms with Crippen molar-refractivity contribution < 1.29 is 9.59 Å². The Bertz CT molecular complexity index is 686. The Kier molecular flexibility index (Phi) is 6.36. The fraction of sp³-hybridized carbons (Fsp3) is 0.294. The average molecular weight is 395 g/mol. The number of nitrogens with zero attached hydrogens (tertiary/aromatic N) is 1. The van der Waals surface area contributed by atoms with Gasteiger partial charge >= 0.3 is 0 Å². The quantitative estimate of drug-likeness (QED) is 0.814. The van der Waals surface area contributed by atoms with Crippen molar-refractivity contribution in [3.8, 4) is 0 Å². The van der Waals surface area contributed by atoms with Gasteiger partial charge in [-0.3, -0.25) is 9.59 Å². The highest BCUT2D eigenvalue weighted by Gasteiger charge is 2.14. The zero-order chi connectivity index (χ0) is 16.8. The second kappa shape index (κ2) is 8.26. The number of thiophene rings is 1. The van der Waals surface area contributed by atoms with E-state index in [1.54, 1.807) is 16.2 Å². The van der Waals surface area contributed by atoms with Crippen LogP contribution in [0.15, 0.2) is 40.2 Å². The molecule has 1 heterocycles. The first-order valence-corrected chi connectivity index (χ1v) is 8.98. The first-order valence-electron chi connectivity index (χ1n) is 7.30. The first-order chi connectivity index (χ1) is 11.0. The summed E-state index contributed by atoms with van der Waals surface area (Å²) in [5, 5.41) is 4.83. The third-order valence-electron chi connectivity index (χ3n) is 3.40. The van der Waals surface area contributed by atoms with E-state index >= 15 is 0 Å². The van der Waals surface area contributed by atoms with Crippen molar-refractivity contribution in [2.75, 3.05) is 18.0 Å². The third kappa shape index (κ3) is 5.18. The van der Waals surface area contributed by atoms with E-state index in [1.165, 1.54) is 6.92 Å². The van der Waals surface area contributed by atoms with Gasteiger partial charge < -0.3 is 10.2 Å². The van der Waals surface area contributed by atoms with E-state index < -0.39 is 0 Å². The molecule has 122 valence electrons. The molecule has 4 nitrogen and oxygen atoms in total. The number of hydrogen-bond donors (Lipinski definition) is 1. The molecule has 1 aromatic carbocycles. The monoisotopic (exact) mass is 394 g/mol. The Hall–Kier alpha value is -1.66. The lowest BCUT2D eigenvalue weighted by Gasteiger charge is -2.23. The van der Waals surface area contributed by atoms with Crippen LogP contribution in [0.3, 0.4) is 0 Å². The van der Waals surface area contributed by atoms with Crippen LogP contribution in [0, 0.1) is 6.92 Å². The molecule has 6 heteroatoms. The maximum absolute atomic E-state index is 11.9. The van der Waals surface area contributed by atoms with E-state index in [9.17, 15) is 9.59 Å². The number of halogens is 1. The molecule has 2 amide bonds. The van der Waals surface area contributed by atoms with E-state index in [4.69, 9.17) is 0 Å². The zero-order valence-electron chi connectivity index (χ0n) is 13.1. The molecule has 23 heavy (non-hydrogen) atoms. The Morgan fingerprint density at radius 3 is 2.70 bits per heavy atom. The van der Waals surface area contributed by atoms with E-state index in [1.807, 2.05) is 42.6 Å². The number of anilines is 1. The lowest BCUT2D eigenvalue weighted by Crippen LogP contribution is -2.38. The third-order valence-corrected chi connectivity index (χ3v) is 4.77. The van der Waals surface area contributed by atoms with Gasteiger partial charge in [-0.05, 0) is 42.1 Å². The fourth-order valence-electron chi connectivity index (χ4n) is 2.31. The predicted octanol–water partition coefficient (Wildman–Crippen LogP) is 3.53. The number of rotatable bonds is 6. The molecule has 0 unspecified atom stereocenters. The predicted molar refractivity (Wildman–Crippen MR) is 97.9 cm³/mol. The molecule has 0 aliphatic heterocycles. The van der Waals surface area contributed by atoms with E-state index in [0.717, 1.165) is 20.6 Å². The van der Waals surface area contributed by atoms with Crippen LogP contribution < -0.4 is 10.2 Å². The van der Waals surface area contributed by atoms with Crippen molar-refractivity contribution in [1.29, 1.82) is 0 Å². The highest BCUT2D eigenvalue weighted by molar-refractivity contribution is 9.10. The van der Waals surface area contributed by atoms with Crippen LogP contribution in [0.4, 0.5) is 5.69 Å². The van der Waals surface area contributed by atoms with Crippen LogP contribution >= 0.6 is 27.3 Å². The van der Waals surface area contributed by atoms with Crippen molar-refractivity contribution in [2.45, 2.75) is 20.3 Å². The number of carbonyl (C=O) groups is 2. The molecule has 0 aliphatic rings. The van der Waals surface area contributed by atoms with Gasteiger partial charge in [0.25, 0.3) is 0 Å². The number of hydrogen-bond acceptors (Lipinski definition) is 3. The number of benzene rings is 1. The van der Waals surface area contributed by atoms with Crippen molar-refractivity contribution in [2.24, 2.45) is 0 Å². The minimum atomic E-state index is -0.0390. The van der Waals surface area contributed by atoms with Gasteiger partial charge in [0.15, 0.2) is 0 Å². The van der Waals surface area contributed by atoms with Gasteiger partial charge in [-0.2, -0.15) is 0 Å². The maximum Gasteiger partial charge on any atom is 0.225 e. The number of nitrogens with one attached hydrogen (secondary N) is 1. The molecular formula is C17H19BrN2O2S.